The van der Waals surface area contributed by atoms with Gasteiger partial charge in [-0.1, -0.05) is 20.8 Å². The predicted octanol–water partition coefficient (Wildman–Crippen LogP) is 4.00. The second-order valence-corrected chi connectivity index (χ2v) is 7.56. The normalized spacial score (nSPS) is 17.3. The van der Waals surface area contributed by atoms with E-state index in [-0.39, 0.29) is 5.84 Å². The van der Waals surface area contributed by atoms with Crippen molar-refractivity contribution in [2.24, 2.45) is 17.1 Å². The molecule has 3 N–H and O–H groups in total. The first kappa shape index (κ1) is 15.4. The molecule has 0 saturated carbocycles. The Bertz CT molecular complexity index is 497. The van der Waals surface area contributed by atoms with Gasteiger partial charge in [0.05, 0.1) is 0 Å². The van der Waals surface area contributed by atoms with Crippen LogP contribution in [0.5, 0.6) is 0 Å². The maximum Gasteiger partial charge on any atom is 0.123 e. The largest absolute Gasteiger partial charge is 0.384 e. The van der Waals surface area contributed by atoms with E-state index in [9.17, 15) is 0 Å². The van der Waals surface area contributed by atoms with Crippen molar-refractivity contribution >= 4 is 27.5 Å². The Morgan fingerprint density at radius 2 is 1.90 bits per heavy atom. The Hall–Kier alpha value is -1.03. The maximum absolute atomic E-state index is 7.52. The molecule has 3 nitrogen and oxygen atoms in total. The Balaban J connectivity index is 2.08. The van der Waals surface area contributed by atoms with Crippen molar-refractivity contribution in [2.45, 2.75) is 33.6 Å². The van der Waals surface area contributed by atoms with Crippen LogP contribution in [0.2, 0.25) is 0 Å². The summed E-state index contributed by atoms with van der Waals surface area (Å²) >= 11 is 3.51. The van der Waals surface area contributed by atoms with Crippen molar-refractivity contribution in [1.82, 2.24) is 0 Å². The van der Waals surface area contributed by atoms with Crippen LogP contribution in [-0.2, 0) is 0 Å². The van der Waals surface area contributed by atoms with Gasteiger partial charge in [0.1, 0.15) is 5.84 Å². The average Bonchev–Trinajstić information content (AvgIpc) is 2.37. The zero-order valence-corrected chi connectivity index (χ0v) is 14.1. The third kappa shape index (κ3) is 3.35. The minimum atomic E-state index is 0.106. The molecule has 1 aliphatic rings. The highest BCUT2D eigenvalue weighted by molar-refractivity contribution is 9.10. The molecule has 1 saturated heterocycles. The van der Waals surface area contributed by atoms with Gasteiger partial charge in [0.15, 0.2) is 0 Å². The summed E-state index contributed by atoms with van der Waals surface area (Å²) in [4.78, 5) is 2.43. The lowest BCUT2D eigenvalue weighted by atomic mass is 9.75. The number of nitrogens with two attached hydrogens (primary N) is 1. The fraction of sp³-hybridized carbons (Fsp3) is 0.562. The summed E-state index contributed by atoms with van der Waals surface area (Å²) in [5, 5.41) is 7.52. The average molecular weight is 338 g/mol. The number of rotatable bonds is 2. The zero-order chi connectivity index (χ0) is 14.9. The minimum absolute atomic E-state index is 0.106. The Morgan fingerprint density at radius 3 is 2.35 bits per heavy atom. The Morgan fingerprint density at radius 1 is 1.30 bits per heavy atom. The van der Waals surface area contributed by atoms with E-state index in [0.29, 0.717) is 5.41 Å². The van der Waals surface area contributed by atoms with Crippen LogP contribution in [0.25, 0.3) is 0 Å². The van der Waals surface area contributed by atoms with Gasteiger partial charge >= 0.3 is 0 Å². The molecule has 0 radical (unpaired) electrons. The van der Waals surface area contributed by atoms with Crippen molar-refractivity contribution in [3.8, 4) is 0 Å². The molecule has 0 unspecified atom stereocenters. The number of amidine groups is 1. The topological polar surface area (TPSA) is 53.1 Å². The van der Waals surface area contributed by atoms with E-state index in [0.717, 1.165) is 29.0 Å². The lowest BCUT2D eigenvalue weighted by Crippen LogP contribution is -2.38. The molecule has 1 aromatic carbocycles. The number of benzene rings is 1. The van der Waals surface area contributed by atoms with Crippen LogP contribution in [-0.4, -0.2) is 18.9 Å². The summed E-state index contributed by atoms with van der Waals surface area (Å²) in [6.45, 7) is 9.23. The summed E-state index contributed by atoms with van der Waals surface area (Å²) in [5.41, 5.74) is 7.94. The first-order chi connectivity index (χ1) is 9.29. The second kappa shape index (κ2) is 5.76. The first-order valence-electron chi connectivity index (χ1n) is 7.18. The minimum Gasteiger partial charge on any atom is -0.384 e. The SMILES string of the molecule is CC(C)(C)C1CCN(c2ccc(C(=N)N)c(Br)c2)CC1. The van der Waals surface area contributed by atoms with Crippen LogP contribution in [0.1, 0.15) is 39.2 Å². The van der Waals surface area contributed by atoms with Crippen LogP contribution >= 0.6 is 15.9 Å². The molecule has 0 bridgehead atoms. The highest BCUT2D eigenvalue weighted by atomic mass is 79.9. The van der Waals surface area contributed by atoms with Crippen molar-refractivity contribution in [3.63, 3.8) is 0 Å². The summed E-state index contributed by atoms with van der Waals surface area (Å²) in [7, 11) is 0. The molecule has 0 aliphatic carbocycles. The van der Waals surface area contributed by atoms with E-state index in [1.165, 1.54) is 18.5 Å². The molecule has 1 aliphatic heterocycles. The summed E-state index contributed by atoms with van der Waals surface area (Å²) in [6, 6.07) is 6.07. The van der Waals surface area contributed by atoms with Crippen molar-refractivity contribution < 1.29 is 0 Å². The van der Waals surface area contributed by atoms with Gasteiger partial charge in [0.25, 0.3) is 0 Å². The van der Waals surface area contributed by atoms with Gasteiger partial charge in [-0.2, -0.15) is 0 Å². The van der Waals surface area contributed by atoms with Gasteiger partial charge in [0.2, 0.25) is 0 Å². The van der Waals surface area contributed by atoms with Crippen LogP contribution in [0.3, 0.4) is 0 Å². The van der Waals surface area contributed by atoms with Gasteiger partial charge in [-0.3, -0.25) is 5.41 Å². The molecule has 4 heteroatoms. The molecular formula is C16H24BrN3. The number of hydrogen-bond donors (Lipinski definition) is 2. The third-order valence-corrected chi connectivity index (χ3v) is 4.98. The third-order valence-electron chi connectivity index (χ3n) is 4.33. The van der Waals surface area contributed by atoms with E-state index in [1.807, 2.05) is 6.07 Å². The lowest BCUT2D eigenvalue weighted by molar-refractivity contribution is 0.199. The monoisotopic (exact) mass is 337 g/mol. The van der Waals surface area contributed by atoms with Gasteiger partial charge in [-0.15, -0.1) is 0 Å². The Labute approximate surface area is 130 Å². The number of nitrogens with one attached hydrogen (secondary N) is 1. The van der Waals surface area contributed by atoms with Crippen molar-refractivity contribution in [2.75, 3.05) is 18.0 Å². The predicted molar refractivity (Wildman–Crippen MR) is 89.6 cm³/mol. The number of piperidine rings is 1. The molecule has 0 aromatic heterocycles. The molecule has 1 aromatic rings. The van der Waals surface area contributed by atoms with E-state index < -0.39 is 0 Å². The van der Waals surface area contributed by atoms with Crippen LogP contribution in [0, 0.1) is 16.7 Å². The Kier molecular flexibility index (Phi) is 4.43. The van der Waals surface area contributed by atoms with E-state index in [2.05, 4.69) is 53.7 Å². The van der Waals surface area contributed by atoms with Crippen LogP contribution < -0.4 is 10.6 Å². The van der Waals surface area contributed by atoms with E-state index in [1.54, 1.807) is 0 Å². The summed E-state index contributed by atoms with van der Waals surface area (Å²) in [6.07, 6.45) is 2.49. The zero-order valence-electron chi connectivity index (χ0n) is 12.5. The summed E-state index contributed by atoms with van der Waals surface area (Å²) < 4.78 is 0.903. The molecule has 2 rings (SSSR count). The first-order valence-corrected chi connectivity index (χ1v) is 7.97. The van der Waals surface area contributed by atoms with E-state index in [4.69, 9.17) is 11.1 Å². The number of halogens is 1. The second-order valence-electron chi connectivity index (χ2n) is 6.71. The number of nitrogen functional groups attached to an aromatic ring is 1. The van der Waals surface area contributed by atoms with Crippen LogP contribution in [0.15, 0.2) is 22.7 Å². The van der Waals surface area contributed by atoms with Crippen LogP contribution in [0.4, 0.5) is 5.69 Å². The van der Waals surface area contributed by atoms with Crippen molar-refractivity contribution in [1.29, 1.82) is 5.41 Å². The number of nitrogens with zero attached hydrogens (tertiary/aromatic N) is 1. The molecule has 20 heavy (non-hydrogen) atoms. The molecule has 1 heterocycles. The van der Waals surface area contributed by atoms with Gasteiger partial charge in [0, 0.05) is 28.8 Å². The molecule has 0 amide bonds. The molecule has 0 atom stereocenters. The molecular weight excluding hydrogens is 314 g/mol. The standard InChI is InChI=1S/C16H24BrN3/c1-16(2,3)11-6-8-20(9-7-11)12-4-5-13(15(18)19)14(17)10-12/h4-5,10-11H,6-9H2,1-3H3,(H3,18,19). The fourth-order valence-electron chi connectivity index (χ4n) is 2.92. The van der Waals surface area contributed by atoms with Gasteiger partial charge in [-0.05, 0) is 58.3 Å². The highest BCUT2D eigenvalue weighted by Gasteiger charge is 2.28. The highest BCUT2D eigenvalue weighted by Crippen LogP contribution is 2.36. The number of hydrogen-bond acceptors (Lipinski definition) is 2. The quantitative estimate of drug-likeness (QED) is 0.633. The van der Waals surface area contributed by atoms with Crippen molar-refractivity contribution in [3.05, 3.63) is 28.2 Å². The molecule has 0 spiro atoms. The number of anilines is 1. The summed E-state index contributed by atoms with van der Waals surface area (Å²) in [5.74, 6) is 0.911. The van der Waals surface area contributed by atoms with Gasteiger partial charge in [-0.25, -0.2) is 0 Å². The molecule has 110 valence electrons. The maximum atomic E-state index is 7.52. The smallest absolute Gasteiger partial charge is 0.123 e. The van der Waals surface area contributed by atoms with E-state index >= 15 is 0 Å². The van der Waals surface area contributed by atoms with Gasteiger partial charge < -0.3 is 10.6 Å². The molecule has 1 fully saturated rings. The lowest BCUT2D eigenvalue weighted by Gasteiger charge is -2.39. The fourth-order valence-corrected chi connectivity index (χ4v) is 3.50.